The molecule has 7 nitrogen and oxygen atoms in total. The fourth-order valence-electron chi connectivity index (χ4n) is 4.90. The summed E-state index contributed by atoms with van der Waals surface area (Å²) in [6.45, 7) is 6.68. The van der Waals surface area contributed by atoms with Gasteiger partial charge in [-0.3, -0.25) is 9.59 Å². The largest absolute Gasteiger partial charge is 0.486 e. The Balaban J connectivity index is 1.33. The van der Waals surface area contributed by atoms with Crippen LogP contribution in [0.15, 0.2) is 36.7 Å². The number of halogens is 1. The van der Waals surface area contributed by atoms with Crippen LogP contribution in [0.4, 0.5) is 0 Å². The molecule has 3 aromatic rings. The van der Waals surface area contributed by atoms with E-state index in [1.165, 1.54) is 0 Å². The lowest BCUT2D eigenvalue weighted by Gasteiger charge is -2.44. The SMILES string of the molecule is Cc1cc2c(c(C)c1Cl)C(=O)CC1(CCN(C(=O)c3cnn(-c4ccccn4)c3C)CC1)O2. The van der Waals surface area contributed by atoms with Gasteiger partial charge in [-0.2, -0.15) is 5.10 Å². The van der Waals surface area contributed by atoms with Crippen LogP contribution in [0.2, 0.25) is 5.02 Å². The van der Waals surface area contributed by atoms with E-state index in [0.717, 1.165) is 16.8 Å². The minimum atomic E-state index is -0.583. The number of aryl methyl sites for hydroxylation is 1. The van der Waals surface area contributed by atoms with E-state index in [2.05, 4.69) is 10.1 Å². The zero-order valence-corrected chi connectivity index (χ0v) is 19.6. The average molecular weight is 465 g/mol. The van der Waals surface area contributed by atoms with Crippen LogP contribution in [0.5, 0.6) is 5.75 Å². The number of carbonyl (C=O) groups excluding carboxylic acids is 2. The molecule has 0 aliphatic carbocycles. The fourth-order valence-corrected chi connectivity index (χ4v) is 5.04. The van der Waals surface area contributed by atoms with Crippen LogP contribution in [-0.4, -0.2) is 50.0 Å². The molecule has 0 saturated carbocycles. The number of hydrogen-bond donors (Lipinski definition) is 0. The minimum Gasteiger partial charge on any atom is -0.486 e. The molecule has 2 aromatic heterocycles. The molecule has 0 atom stereocenters. The zero-order valence-electron chi connectivity index (χ0n) is 18.9. The van der Waals surface area contributed by atoms with Crippen molar-refractivity contribution >= 4 is 23.3 Å². The highest BCUT2D eigenvalue weighted by Crippen LogP contribution is 2.43. The van der Waals surface area contributed by atoms with Gasteiger partial charge in [-0.25, -0.2) is 9.67 Å². The van der Waals surface area contributed by atoms with E-state index >= 15 is 0 Å². The monoisotopic (exact) mass is 464 g/mol. The van der Waals surface area contributed by atoms with Gasteiger partial charge < -0.3 is 9.64 Å². The molecular weight excluding hydrogens is 440 g/mol. The van der Waals surface area contributed by atoms with Crippen molar-refractivity contribution in [1.29, 1.82) is 0 Å². The Bertz CT molecular complexity index is 1260. The van der Waals surface area contributed by atoms with Crippen molar-refractivity contribution in [2.45, 2.75) is 45.6 Å². The highest BCUT2D eigenvalue weighted by Gasteiger charge is 2.44. The van der Waals surface area contributed by atoms with Crippen LogP contribution in [0.3, 0.4) is 0 Å². The summed E-state index contributed by atoms with van der Waals surface area (Å²) >= 11 is 6.36. The number of carbonyl (C=O) groups is 2. The summed E-state index contributed by atoms with van der Waals surface area (Å²) in [5, 5.41) is 4.98. The molecule has 4 heterocycles. The van der Waals surface area contributed by atoms with Gasteiger partial charge in [-0.05, 0) is 50.1 Å². The Labute approximate surface area is 197 Å². The molecule has 1 spiro atoms. The lowest BCUT2D eigenvalue weighted by molar-refractivity contribution is -0.00582. The third-order valence-corrected chi connectivity index (χ3v) is 7.38. The number of hydrogen-bond acceptors (Lipinski definition) is 5. The maximum Gasteiger partial charge on any atom is 0.257 e. The summed E-state index contributed by atoms with van der Waals surface area (Å²) in [5.41, 5.74) is 2.99. The number of ketones is 1. The molecule has 33 heavy (non-hydrogen) atoms. The maximum atomic E-state index is 13.3. The lowest BCUT2D eigenvalue weighted by Crippen LogP contribution is -2.52. The minimum absolute atomic E-state index is 0.0582. The van der Waals surface area contributed by atoms with Crippen LogP contribution < -0.4 is 4.74 Å². The lowest BCUT2D eigenvalue weighted by atomic mass is 9.81. The molecule has 2 aliphatic heterocycles. The van der Waals surface area contributed by atoms with Gasteiger partial charge in [-0.15, -0.1) is 0 Å². The highest BCUT2D eigenvalue weighted by molar-refractivity contribution is 6.32. The Morgan fingerprint density at radius 1 is 1.18 bits per heavy atom. The van der Waals surface area contributed by atoms with E-state index in [1.807, 2.05) is 49.9 Å². The summed E-state index contributed by atoms with van der Waals surface area (Å²) in [6.07, 6.45) is 4.79. The van der Waals surface area contributed by atoms with Crippen molar-refractivity contribution in [1.82, 2.24) is 19.7 Å². The number of amides is 1. The second-order valence-corrected chi connectivity index (χ2v) is 9.30. The third-order valence-electron chi connectivity index (χ3n) is 6.80. The summed E-state index contributed by atoms with van der Waals surface area (Å²) in [4.78, 5) is 32.4. The summed E-state index contributed by atoms with van der Waals surface area (Å²) < 4.78 is 8.10. The standard InChI is InChI=1S/C25H25ClN4O3/c1-15-12-20-22(16(2)23(15)26)19(31)13-25(33-20)7-10-29(11-8-25)24(32)18-14-28-30(17(18)3)21-6-4-5-9-27-21/h4-6,9,12,14H,7-8,10-11,13H2,1-3H3. The number of benzene rings is 1. The highest BCUT2D eigenvalue weighted by atomic mass is 35.5. The van der Waals surface area contributed by atoms with E-state index in [-0.39, 0.29) is 11.7 Å². The fraction of sp³-hybridized carbons (Fsp3) is 0.360. The van der Waals surface area contributed by atoms with E-state index in [4.69, 9.17) is 16.3 Å². The summed E-state index contributed by atoms with van der Waals surface area (Å²) in [7, 11) is 0. The molecule has 1 fully saturated rings. The first-order chi connectivity index (χ1) is 15.8. The molecule has 5 rings (SSSR count). The van der Waals surface area contributed by atoms with Gasteiger partial charge in [-0.1, -0.05) is 17.7 Å². The van der Waals surface area contributed by atoms with Gasteiger partial charge in [0.25, 0.3) is 5.91 Å². The normalized spacial score (nSPS) is 17.1. The number of aromatic nitrogens is 3. The second-order valence-electron chi connectivity index (χ2n) is 8.93. The quantitative estimate of drug-likeness (QED) is 0.558. The predicted molar refractivity (Wildman–Crippen MR) is 124 cm³/mol. The number of rotatable bonds is 2. The predicted octanol–water partition coefficient (Wildman–Crippen LogP) is 4.49. The van der Waals surface area contributed by atoms with Crippen LogP contribution in [-0.2, 0) is 0 Å². The molecule has 0 radical (unpaired) electrons. The van der Waals surface area contributed by atoms with Gasteiger partial charge in [0.2, 0.25) is 0 Å². The number of Topliss-reactive ketones (excluding diaryl/α,β-unsaturated/α-hetero) is 1. The number of nitrogens with zero attached hydrogens (tertiary/aromatic N) is 4. The Kier molecular flexibility index (Phi) is 5.24. The van der Waals surface area contributed by atoms with Crippen molar-refractivity contribution < 1.29 is 14.3 Å². The number of pyridine rings is 1. The van der Waals surface area contributed by atoms with Gasteiger partial charge in [0, 0.05) is 37.2 Å². The first kappa shape index (κ1) is 21.6. The topological polar surface area (TPSA) is 77.3 Å². The molecular formula is C25H25ClN4O3. The molecule has 170 valence electrons. The van der Waals surface area contributed by atoms with Gasteiger partial charge in [0.15, 0.2) is 11.6 Å². The van der Waals surface area contributed by atoms with Crippen molar-refractivity contribution in [2.75, 3.05) is 13.1 Å². The van der Waals surface area contributed by atoms with Crippen molar-refractivity contribution in [2.24, 2.45) is 0 Å². The number of fused-ring (bicyclic) bond motifs is 1. The molecule has 0 N–H and O–H groups in total. The Morgan fingerprint density at radius 3 is 2.64 bits per heavy atom. The van der Waals surface area contributed by atoms with E-state index in [9.17, 15) is 9.59 Å². The Hall–Kier alpha value is -3.19. The molecule has 2 aliphatic rings. The zero-order chi connectivity index (χ0) is 23.3. The number of ether oxygens (including phenoxy) is 1. The summed E-state index contributed by atoms with van der Waals surface area (Å²) in [5.74, 6) is 1.27. The van der Waals surface area contributed by atoms with E-state index < -0.39 is 5.60 Å². The molecule has 1 saturated heterocycles. The van der Waals surface area contributed by atoms with Gasteiger partial charge in [0.1, 0.15) is 11.4 Å². The van der Waals surface area contributed by atoms with E-state index in [1.54, 1.807) is 17.1 Å². The third kappa shape index (κ3) is 3.60. The molecule has 0 unspecified atom stereocenters. The average Bonchev–Trinajstić information content (AvgIpc) is 3.19. The van der Waals surface area contributed by atoms with E-state index in [0.29, 0.717) is 60.1 Å². The first-order valence-corrected chi connectivity index (χ1v) is 11.4. The van der Waals surface area contributed by atoms with Crippen molar-refractivity contribution in [3.05, 3.63) is 69.6 Å². The molecule has 1 amide bonds. The summed E-state index contributed by atoms with van der Waals surface area (Å²) in [6, 6.07) is 7.43. The van der Waals surface area contributed by atoms with Crippen LogP contribution in [0.25, 0.3) is 5.82 Å². The van der Waals surface area contributed by atoms with Crippen LogP contribution in [0.1, 0.15) is 56.8 Å². The van der Waals surface area contributed by atoms with Crippen molar-refractivity contribution in [3.63, 3.8) is 0 Å². The number of piperidine rings is 1. The maximum absolute atomic E-state index is 13.3. The van der Waals surface area contributed by atoms with Crippen molar-refractivity contribution in [3.8, 4) is 11.6 Å². The smallest absolute Gasteiger partial charge is 0.257 e. The first-order valence-electron chi connectivity index (χ1n) is 11.1. The Morgan fingerprint density at radius 2 is 1.94 bits per heavy atom. The van der Waals surface area contributed by atoms with Gasteiger partial charge >= 0.3 is 0 Å². The molecule has 0 bridgehead atoms. The number of likely N-dealkylation sites (tertiary alicyclic amines) is 1. The van der Waals surface area contributed by atoms with Crippen LogP contribution in [0, 0.1) is 20.8 Å². The van der Waals surface area contributed by atoms with Gasteiger partial charge in [0.05, 0.1) is 29.4 Å². The second kappa shape index (κ2) is 7.99. The molecule has 1 aromatic carbocycles. The van der Waals surface area contributed by atoms with Crippen LogP contribution >= 0.6 is 11.6 Å². The molecule has 8 heteroatoms.